The van der Waals surface area contributed by atoms with E-state index in [1.54, 1.807) is 12.1 Å². The topological polar surface area (TPSA) is 75.2 Å². The van der Waals surface area contributed by atoms with Gasteiger partial charge in [-0.1, -0.05) is 59.7 Å². The van der Waals surface area contributed by atoms with Gasteiger partial charge < -0.3 is 4.90 Å². The number of rotatable bonds is 5. The molecule has 1 saturated heterocycles. The summed E-state index contributed by atoms with van der Waals surface area (Å²) in [5.41, 5.74) is 2.34. The van der Waals surface area contributed by atoms with Crippen molar-refractivity contribution in [2.75, 3.05) is 16.8 Å². The number of anilines is 2. The molecule has 6 nitrogen and oxygen atoms in total. The van der Waals surface area contributed by atoms with E-state index in [1.165, 1.54) is 17.4 Å². The Morgan fingerprint density at radius 3 is 2.83 bits per heavy atom. The number of carbonyl (C=O) groups is 2. The van der Waals surface area contributed by atoms with E-state index in [9.17, 15) is 9.59 Å². The van der Waals surface area contributed by atoms with E-state index in [0.29, 0.717) is 33.2 Å². The molecule has 0 spiro atoms. The molecule has 1 aliphatic rings. The highest BCUT2D eigenvalue weighted by Gasteiger charge is 2.34. The first-order valence-electron chi connectivity index (χ1n) is 9.44. The van der Waals surface area contributed by atoms with E-state index in [-0.39, 0.29) is 17.4 Å². The average Bonchev–Trinajstić information content (AvgIpc) is 3.36. The number of benzene rings is 2. The normalized spacial score (nSPS) is 16.2. The zero-order valence-electron chi connectivity index (χ0n) is 16.1. The van der Waals surface area contributed by atoms with Crippen molar-refractivity contribution in [1.82, 2.24) is 10.2 Å². The monoisotopic (exact) mass is 460 g/mol. The van der Waals surface area contributed by atoms with Gasteiger partial charge in [0.25, 0.3) is 5.91 Å². The van der Waals surface area contributed by atoms with E-state index >= 15 is 0 Å². The van der Waals surface area contributed by atoms with Crippen LogP contribution in [0.2, 0.25) is 10.0 Å². The standard InChI is InChI=1S/C21H18Cl2N4O2S/c1-2-12-5-3-4-6-17(12)27-11-13(9-18(27)28)20-25-26-21(30-20)24-19(29)15-10-14(22)7-8-16(15)23/h3-8,10,13H,2,9,11H2,1H3,(H,24,26,29). The quantitative estimate of drug-likeness (QED) is 0.568. The third kappa shape index (κ3) is 4.19. The second-order valence-corrected chi connectivity index (χ2v) is 8.76. The number of hydrogen-bond acceptors (Lipinski definition) is 5. The van der Waals surface area contributed by atoms with Crippen LogP contribution in [0, 0.1) is 0 Å². The molecule has 4 rings (SSSR count). The van der Waals surface area contributed by atoms with Gasteiger partial charge in [-0.2, -0.15) is 0 Å². The molecule has 2 heterocycles. The summed E-state index contributed by atoms with van der Waals surface area (Å²) in [4.78, 5) is 27.0. The van der Waals surface area contributed by atoms with Gasteiger partial charge in [-0.3, -0.25) is 14.9 Å². The first-order chi connectivity index (χ1) is 14.5. The highest BCUT2D eigenvalue weighted by molar-refractivity contribution is 7.15. The molecule has 30 heavy (non-hydrogen) atoms. The highest BCUT2D eigenvalue weighted by atomic mass is 35.5. The molecular formula is C21H18Cl2N4O2S. The lowest BCUT2D eigenvalue weighted by Gasteiger charge is -2.19. The SMILES string of the molecule is CCc1ccccc1N1CC(c2nnc(NC(=O)c3cc(Cl)ccc3Cl)s2)CC1=O. The van der Waals surface area contributed by atoms with E-state index in [2.05, 4.69) is 22.4 Å². The molecule has 0 radical (unpaired) electrons. The molecular weight excluding hydrogens is 443 g/mol. The second kappa shape index (κ2) is 8.71. The van der Waals surface area contributed by atoms with Crippen molar-refractivity contribution in [1.29, 1.82) is 0 Å². The fourth-order valence-corrected chi connectivity index (χ4v) is 4.67. The number of aromatic nitrogens is 2. The van der Waals surface area contributed by atoms with Crippen LogP contribution >= 0.6 is 34.5 Å². The maximum Gasteiger partial charge on any atom is 0.259 e. The Morgan fingerprint density at radius 1 is 1.23 bits per heavy atom. The van der Waals surface area contributed by atoms with E-state index in [0.717, 1.165) is 17.7 Å². The molecule has 9 heteroatoms. The first kappa shape index (κ1) is 20.8. The number of halogens is 2. The molecule has 1 aliphatic heterocycles. The Morgan fingerprint density at radius 2 is 2.03 bits per heavy atom. The van der Waals surface area contributed by atoms with Crippen LogP contribution in [-0.4, -0.2) is 28.6 Å². The van der Waals surface area contributed by atoms with Crippen LogP contribution in [0.15, 0.2) is 42.5 Å². The number of nitrogens with zero attached hydrogens (tertiary/aromatic N) is 3. The minimum Gasteiger partial charge on any atom is -0.311 e. The molecule has 0 saturated carbocycles. The minimum absolute atomic E-state index is 0.0624. The van der Waals surface area contributed by atoms with E-state index in [4.69, 9.17) is 23.2 Å². The van der Waals surface area contributed by atoms with Crippen molar-refractivity contribution in [3.63, 3.8) is 0 Å². The van der Waals surface area contributed by atoms with Crippen LogP contribution in [0.1, 0.15) is 40.2 Å². The molecule has 1 N–H and O–H groups in total. The lowest BCUT2D eigenvalue weighted by atomic mass is 10.1. The molecule has 154 valence electrons. The van der Waals surface area contributed by atoms with Gasteiger partial charge in [0.15, 0.2) is 0 Å². The lowest BCUT2D eigenvalue weighted by Crippen LogP contribution is -2.25. The average molecular weight is 461 g/mol. The van der Waals surface area contributed by atoms with Crippen LogP contribution in [0.4, 0.5) is 10.8 Å². The number of aryl methyl sites for hydroxylation is 1. The number of para-hydroxylation sites is 1. The summed E-state index contributed by atoms with van der Waals surface area (Å²) in [7, 11) is 0. The lowest BCUT2D eigenvalue weighted by molar-refractivity contribution is -0.117. The Labute approximate surface area is 187 Å². The summed E-state index contributed by atoms with van der Waals surface area (Å²) in [6.45, 7) is 2.61. The molecule has 2 amide bonds. The number of hydrogen-bond donors (Lipinski definition) is 1. The summed E-state index contributed by atoms with van der Waals surface area (Å²) in [5.74, 6) is -0.418. The maximum atomic E-state index is 12.7. The zero-order chi connectivity index (χ0) is 21.3. The zero-order valence-corrected chi connectivity index (χ0v) is 18.4. The summed E-state index contributed by atoms with van der Waals surface area (Å²) in [6.07, 6.45) is 1.21. The van der Waals surface area contributed by atoms with Gasteiger partial charge in [0.2, 0.25) is 11.0 Å². The van der Waals surface area contributed by atoms with Crippen LogP contribution < -0.4 is 10.2 Å². The van der Waals surface area contributed by atoms with E-state index in [1.807, 2.05) is 29.2 Å². The van der Waals surface area contributed by atoms with Crippen molar-refractivity contribution in [3.05, 3.63) is 68.6 Å². The molecule has 1 aromatic heterocycles. The van der Waals surface area contributed by atoms with Crippen LogP contribution in [0.25, 0.3) is 0 Å². The minimum atomic E-state index is -0.411. The third-order valence-electron chi connectivity index (χ3n) is 4.97. The number of carbonyl (C=O) groups excluding carboxylic acids is 2. The predicted octanol–water partition coefficient (Wildman–Crippen LogP) is 5.18. The Hall–Kier alpha value is -2.48. The third-order valence-corrected chi connectivity index (χ3v) is 6.54. The highest BCUT2D eigenvalue weighted by Crippen LogP contribution is 2.35. The molecule has 3 aromatic rings. The first-order valence-corrected chi connectivity index (χ1v) is 11.0. The summed E-state index contributed by atoms with van der Waals surface area (Å²) in [5, 5.41) is 12.8. The van der Waals surface area contributed by atoms with Crippen LogP contribution in [0.5, 0.6) is 0 Å². The van der Waals surface area contributed by atoms with Crippen molar-refractivity contribution in [3.8, 4) is 0 Å². The molecule has 0 aliphatic carbocycles. The summed E-state index contributed by atoms with van der Waals surface area (Å²) in [6, 6.07) is 12.6. The molecule has 2 aromatic carbocycles. The Bertz CT molecular complexity index is 1120. The second-order valence-electron chi connectivity index (χ2n) is 6.91. The van der Waals surface area contributed by atoms with Crippen LogP contribution in [-0.2, 0) is 11.2 Å². The van der Waals surface area contributed by atoms with Gasteiger partial charge >= 0.3 is 0 Å². The summed E-state index contributed by atoms with van der Waals surface area (Å²) >= 11 is 13.3. The Balaban J connectivity index is 1.49. The van der Waals surface area contributed by atoms with Gasteiger partial charge in [-0.15, -0.1) is 10.2 Å². The van der Waals surface area contributed by atoms with Gasteiger partial charge in [0.1, 0.15) is 5.01 Å². The maximum absolute atomic E-state index is 12.7. The van der Waals surface area contributed by atoms with Crippen LogP contribution in [0.3, 0.4) is 0 Å². The van der Waals surface area contributed by atoms with Gasteiger partial charge in [-0.25, -0.2) is 0 Å². The molecule has 1 fully saturated rings. The van der Waals surface area contributed by atoms with Crippen molar-refractivity contribution in [2.45, 2.75) is 25.7 Å². The van der Waals surface area contributed by atoms with E-state index < -0.39 is 5.91 Å². The Kier molecular flexibility index (Phi) is 6.04. The molecule has 1 unspecified atom stereocenters. The predicted molar refractivity (Wildman–Crippen MR) is 120 cm³/mol. The molecule has 1 atom stereocenters. The van der Waals surface area contributed by atoms with Crippen molar-refractivity contribution in [2.24, 2.45) is 0 Å². The summed E-state index contributed by atoms with van der Waals surface area (Å²) < 4.78 is 0. The number of nitrogens with one attached hydrogen (secondary N) is 1. The van der Waals surface area contributed by atoms with Crippen molar-refractivity contribution < 1.29 is 9.59 Å². The largest absolute Gasteiger partial charge is 0.311 e. The molecule has 0 bridgehead atoms. The van der Waals surface area contributed by atoms with Gasteiger partial charge in [0, 0.05) is 29.6 Å². The van der Waals surface area contributed by atoms with Crippen molar-refractivity contribution >= 4 is 57.2 Å². The van der Waals surface area contributed by atoms with Gasteiger partial charge in [-0.05, 0) is 36.2 Å². The fraction of sp³-hybridized carbons (Fsp3) is 0.238. The number of amides is 2. The smallest absolute Gasteiger partial charge is 0.259 e. The fourth-order valence-electron chi connectivity index (χ4n) is 3.46. The van der Waals surface area contributed by atoms with Gasteiger partial charge in [0.05, 0.1) is 10.6 Å².